The highest BCUT2D eigenvalue weighted by Gasteiger charge is 2.49. The average Bonchev–Trinajstić information content (AvgIpc) is 2.22. The smallest absolute Gasteiger partial charge is 0.317 e. The van der Waals surface area contributed by atoms with Crippen molar-refractivity contribution in [3.05, 3.63) is 11.8 Å². The van der Waals surface area contributed by atoms with E-state index in [1.807, 2.05) is 0 Å². The molecule has 1 atom stereocenters. The average molecular weight is 253 g/mol. The van der Waals surface area contributed by atoms with Gasteiger partial charge in [0.05, 0.1) is 12.7 Å². The zero-order valence-corrected chi connectivity index (χ0v) is 11.4. The van der Waals surface area contributed by atoms with Crippen LogP contribution in [0.15, 0.2) is 11.8 Å². The van der Waals surface area contributed by atoms with Gasteiger partial charge in [-0.2, -0.15) is 0 Å². The Bertz CT molecular complexity index is 421. The van der Waals surface area contributed by atoms with Crippen LogP contribution in [0.25, 0.3) is 0 Å². The van der Waals surface area contributed by atoms with Gasteiger partial charge in [0.2, 0.25) is 0 Å². The fraction of sp³-hybridized carbons (Fsp3) is 0.615. The molecule has 18 heavy (non-hydrogen) atoms. The van der Waals surface area contributed by atoms with Crippen molar-refractivity contribution in [1.82, 2.24) is 4.90 Å². The third kappa shape index (κ3) is 2.60. The van der Waals surface area contributed by atoms with E-state index in [-0.39, 0.29) is 17.8 Å². The van der Waals surface area contributed by atoms with E-state index >= 15 is 0 Å². The highest BCUT2D eigenvalue weighted by Crippen LogP contribution is 2.39. The van der Waals surface area contributed by atoms with Crippen molar-refractivity contribution in [3.63, 3.8) is 0 Å². The summed E-state index contributed by atoms with van der Waals surface area (Å²) in [5, 5.41) is 0. The second-order valence-electron chi connectivity index (χ2n) is 5.42. The third-order valence-electron chi connectivity index (χ3n) is 3.05. The number of ether oxygens (including phenoxy) is 1. The lowest BCUT2D eigenvalue weighted by Crippen LogP contribution is -2.46. The molecule has 0 saturated heterocycles. The SMILES string of the molecule is COC(=O)[C@H]1C(=O)/C(=C\N(C)C)C(=O)CC1(C)C. The molecule has 0 aromatic carbocycles. The maximum Gasteiger partial charge on any atom is 0.317 e. The summed E-state index contributed by atoms with van der Waals surface area (Å²) >= 11 is 0. The predicted octanol–water partition coefficient (Wildman–Crippen LogP) is 0.789. The number of methoxy groups -OCH3 is 1. The standard InChI is InChI=1S/C13H19NO4/c1-13(2)6-9(15)8(7-14(3)4)11(16)10(13)12(17)18-5/h7,10H,6H2,1-5H3/b8-7-/t10-/m1/s1. The lowest BCUT2D eigenvalue weighted by Gasteiger charge is -2.35. The number of carbonyl (C=O) groups excluding carboxylic acids is 3. The molecule has 0 spiro atoms. The Morgan fingerprint density at radius 1 is 1.39 bits per heavy atom. The summed E-state index contributed by atoms with van der Waals surface area (Å²) in [6, 6.07) is 0. The van der Waals surface area contributed by atoms with Gasteiger partial charge < -0.3 is 9.64 Å². The number of allylic oxidation sites excluding steroid dienone is 1. The van der Waals surface area contributed by atoms with Gasteiger partial charge in [-0.1, -0.05) is 13.8 Å². The van der Waals surface area contributed by atoms with Crippen LogP contribution in [0.1, 0.15) is 20.3 Å². The Morgan fingerprint density at radius 2 is 1.94 bits per heavy atom. The fourth-order valence-electron chi connectivity index (χ4n) is 2.20. The minimum absolute atomic E-state index is 0.0784. The van der Waals surface area contributed by atoms with Gasteiger partial charge in [0.25, 0.3) is 0 Å². The van der Waals surface area contributed by atoms with Crippen LogP contribution in [0.5, 0.6) is 0 Å². The van der Waals surface area contributed by atoms with Crippen molar-refractivity contribution < 1.29 is 19.1 Å². The van der Waals surface area contributed by atoms with Crippen LogP contribution in [0.4, 0.5) is 0 Å². The van der Waals surface area contributed by atoms with Gasteiger partial charge >= 0.3 is 5.97 Å². The molecule has 5 nitrogen and oxygen atoms in total. The topological polar surface area (TPSA) is 63.7 Å². The van der Waals surface area contributed by atoms with E-state index < -0.39 is 23.1 Å². The summed E-state index contributed by atoms with van der Waals surface area (Å²) in [4.78, 5) is 37.6. The minimum atomic E-state index is -0.911. The molecule has 0 heterocycles. The van der Waals surface area contributed by atoms with E-state index in [2.05, 4.69) is 4.74 Å². The third-order valence-corrected chi connectivity index (χ3v) is 3.05. The monoisotopic (exact) mass is 253 g/mol. The van der Waals surface area contributed by atoms with Crippen molar-refractivity contribution in [2.24, 2.45) is 11.3 Å². The van der Waals surface area contributed by atoms with Gasteiger partial charge in [0.1, 0.15) is 5.92 Å². The first kappa shape index (κ1) is 14.4. The summed E-state index contributed by atoms with van der Waals surface area (Å²) in [6.07, 6.45) is 1.63. The molecule has 1 aliphatic rings. The van der Waals surface area contributed by atoms with E-state index in [4.69, 9.17) is 0 Å². The van der Waals surface area contributed by atoms with Crippen molar-refractivity contribution in [1.29, 1.82) is 0 Å². The summed E-state index contributed by atoms with van der Waals surface area (Å²) in [5.74, 6) is -2.16. The van der Waals surface area contributed by atoms with E-state index in [1.165, 1.54) is 13.3 Å². The quantitative estimate of drug-likeness (QED) is 0.315. The molecule has 1 fully saturated rings. The Hall–Kier alpha value is -1.65. The molecule has 0 amide bonds. The van der Waals surface area contributed by atoms with E-state index in [0.717, 1.165) is 0 Å². The molecule has 0 aromatic rings. The molecule has 0 radical (unpaired) electrons. The van der Waals surface area contributed by atoms with Gasteiger partial charge in [0.15, 0.2) is 11.6 Å². The molecular weight excluding hydrogens is 234 g/mol. The van der Waals surface area contributed by atoms with Gasteiger partial charge in [0, 0.05) is 26.7 Å². The van der Waals surface area contributed by atoms with Crippen molar-refractivity contribution >= 4 is 17.5 Å². The van der Waals surface area contributed by atoms with Crippen molar-refractivity contribution in [2.75, 3.05) is 21.2 Å². The zero-order chi connectivity index (χ0) is 14.1. The molecule has 0 aliphatic heterocycles. The highest BCUT2D eigenvalue weighted by atomic mass is 16.5. The summed E-state index contributed by atoms with van der Waals surface area (Å²) in [6.45, 7) is 3.47. The molecule has 0 bridgehead atoms. The number of ketones is 2. The molecular formula is C13H19NO4. The molecule has 1 aliphatic carbocycles. The largest absolute Gasteiger partial charge is 0.468 e. The van der Waals surface area contributed by atoms with Crippen LogP contribution in [0.2, 0.25) is 0 Å². The lowest BCUT2D eigenvalue weighted by atomic mass is 9.66. The van der Waals surface area contributed by atoms with Crippen molar-refractivity contribution in [2.45, 2.75) is 20.3 Å². The molecule has 0 N–H and O–H groups in total. The van der Waals surface area contributed by atoms with Crippen LogP contribution in [0.3, 0.4) is 0 Å². The maximum absolute atomic E-state index is 12.3. The molecule has 1 saturated carbocycles. The highest BCUT2D eigenvalue weighted by molar-refractivity contribution is 6.27. The van der Waals surface area contributed by atoms with Crippen molar-refractivity contribution in [3.8, 4) is 0 Å². The Labute approximate surface area is 107 Å². The van der Waals surface area contributed by atoms with Crippen LogP contribution in [0, 0.1) is 11.3 Å². The number of hydrogen-bond acceptors (Lipinski definition) is 5. The number of carbonyl (C=O) groups is 3. The van der Waals surface area contributed by atoms with Gasteiger partial charge in [-0.25, -0.2) is 0 Å². The van der Waals surface area contributed by atoms with Crippen LogP contribution in [-0.4, -0.2) is 43.6 Å². The predicted molar refractivity (Wildman–Crippen MR) is 65.7 cm³/mol. The minimum Gasteiger partial charge on any atom is -0.468 e. The summed E-state index contributed by atoms with van der Waals surface area (Å²) < 4.78 is 4.67. The Morgan fingerprint density at radius 3 is 2.39 bits per heavy atom. The number of rotatable bonds is 2. The number of nitrogens with zero attached hydrogens (tertiary/aromatic N) is 1. The van der Waals surface area contributed by atoms with Gasteiger partial charge in [-0.05, 0) is 5.41 Å². The second-order valence-corrected chi connectivity index (χ2v) is 5.42. The summed E-state index contributed by atoms with van der Waals surface area (Å²) in [5.41, 5.74) is -0.625. The van der Waals surface area contributed by atoms with Gasteiger partial charge in [-0.15, -0.1) is 0 Å². The zero-order valence-electron chi connectivity index (χ0n) is 11.4. The molecule has 5 heteroatoms. The number of Topliss-reactive ketones (excluding diaryl/α,β-unsaturated/α-hetero) is 2. The lowest BCUT2D eigenvalue weighted by molar-refractivity contribution is -0.155. The number of esters is 1. The fourth-order valence-corrected chi connectivity index (χ4v) is 2.20. The van der Waals surface area contributed by atoms with E-state index in [9.17, 15) is 14.4 Å². The van der Waals surface area contributed by atoms with Gasteiger partial charge in [-0.3, -0.25) is 14.4 Å². The first-order valence-electron chi connectivity index (χ1n) is 5.74. The Kier molecular flexibility index (Phi) is 3.94. The van der Waals surface area contributed by atoms with E-state index in [1.54, 1.807) is 32.8 Å². The Balaban J connectivity index is 3.21. The first-order valence-corrected chi connectivity index (χ1v) is 5.74. The molecule has 0 aromatic heterocycles. The van der Waals surface area contributed by atoms with Crippen LogP contribution in [-0.2, 0) is 19.1 Å². The molecule has 100 valence electrons. The molecule has 1 rings (SSSR count). The maximum atomic E-state index is 12.3. The second kappa shape index (κ2) is 4.92. The summed E-state index contributed by atoms with van der Waals surface area (Å²) in [7, 11) is 4.69. The van der Waals surface area contributed by atoms with Crippen LogP contribution >= 0.6 is 0 Å². The first-order chi connectivity index (χ1) is 8.20. The van der Waals surface area contributed by atoms with Crippen LogP contribution < -0.4 is 0 Å². The van der Waals surface area contributed by atoms with E-state index in [0.29, 0.717) is 0 Å². The number of hydrogen-bond donors (Lipinski definition) is 0. The molecule has 0 unspecified atom stereocenters. The normalized spacial score (nSPS) is 25.2.